The van der Waals surface area contributed by atoms with Crippen molar-refractivity contribution in [3.8, 4) is 11.5 Å². The number of ether oxygens (including phenoxy) is 2. The van der Waals surface area contributed by atoms with E-state index in [9.17, 15) is 4.79 Å². The minimum atomic E-state index is -0.539. The van der Waals surface area contributed by atoms with E-state index in [1.807, 2.05) is 24.3 Å². The Morgan fingerprint density at radius 3 is 2.78 bits per heavy atom. The van der Waals surface area contributed by atoms with Crippen LogP contribution in [-0.2, 0) is 6.54 Å². The molecule has 6 heteroatoms. The molecule has 0 aliphatic carbocycles. The molecule has 1 aliphatic rings. The molecule has 0 atom stereocenters. The highest BCUT2D eigenvalue weighted by Crippen LogP contribution is 2.33. The van der Waals surface area contributed by atoms with Crippen molar-refractivity contribution in [1.82, 2.24) is 5.48 Å². The zero-order valence-corrected chi connectivity index (χ0v) is 12.8. The Balaban J connectivity index is 1.85. The summed E-state index contributed by atoms with van der Waals surface area (Å²) >= 11 is 0. The van der Waals surface area contributed by atoms with Crippen LogP contribution in [0.1, 0.15) is 15.9 Å². The highest BCUT2D eigenvalue weighted by Gasteiger charge is 2.20. The smallest absolute Gasteiger partial charge is 0.274 e. The third-order valence-corrected chi connectivity index (χ3v) is 3.81. The van der Waals surface area contributed by atoms with Crippen LogP contribution in [0.2, 0.25) is 0 Å². The second kappa shape index (κ2) is 6.58. The number of benzene rings is 2. The Morgan fingerprint density at radius 2 is 2.09 bits per heavy atom. The van der Waals surface area contributed by atoms with Gasteiger partial charge in [0.05, 0.1) is 19.3 Å². The van der Waals surface area contributed by atoms with Gasteiger partial charge in [0.25, 0.3) is 5.91 Å². The van der Waals surface area contributed by atoms with Crippen molar-refractivity contribution in [1.29, 1.82) is 0 Å². The minimum absolute atomic E-state index is 0.386. The lowest BCUT2D eigenvalue weighted by atomic mass is 10.1. The Labute approximate surface area is 134 Å². The third kappa shape index (κ3) is 3.22. The molecule has 0 radical (unpaired) electrons. The molecule has 2 aromatic rings. The standard InChI is InChI=1S/C17H18N2O4/c1-22-14-5-2-12(3-6-14)11-19-8-9-23-16-7-4-13(10-15(16)19)17(20)18-21/h2-7,10,21H,8-9,11H2,1H3,(H,18,20). The van der Waals surface area contributed by atoms with Crippen LogP contribution in [0.25, 0.3) is 0 Å². The van der Waals surface area contributed by atoms with Crippen LogP contribution in [0.5, 0.6) is 11.5 Å². The van der Waals surface area contributed by atoms with Crippen molar-refractivity contribution >= 4 is 11.6 Å². The van der Waals surface area contributed by atoms with E-state index in [1.54, 1.807) is 30.8 Å². The van der Waals surface area contributed by atoms with Gasteiger partial charge in [-0.1, -0.05) is 12.1 Å². The number of carbonyl (C=O) groups excluding carboxylic acids is 1. The van der Waals surface area contributed by atoms with Gasteiger partial charge in [0.15, 0.2) is 0 Å². The van der Waals surface area contributed by atoms with E-state index in [2.05, 4.69) is 4.90 Å². The maximum absolute atomic E-state index is 11.6. The molecule has 1 heterocycles. The average molecular weight is 314 g/mol. The number of hydrogen-bond acceptors (Lipinski definition) is 5. The van der Waals surface area contributed by atoms with Crippen LogP contribution >= 0.6 is 0 Å². The van der Waals surface area contributed by atoms with E-state index in [0.717, 1.165) is 29.3 Å². The first-order chi connectivity index (χ1) is 11.2. The molecule has 120 valence electrons. The first-order valence-electron chi connectivity index (χ1n) is 7.30. The summed E-state index contributed by atoms with van der Waals surface area (Å²) in [7, 11) is 1.64. The third-order valence-electron chi connectivity index (χ3n) is 3.81. The number of nitrogens with one attached hydrogen (secondary N) is 1. The number of anilines is 1. The second-order valence-corrected chi connectivity index (χ2v) is 5.24. The summed E-state index contributed by atoms with van der Waals surface area (Å²) in [5.74, 6) is 1.01. The number of methoxy groups -OCH3 is 1. The fourth-order valence-electron chi connectivity index (χ4n) is 2.59. The van der Waals surface area contributed by atoms with Gasteiger partial charge >= 0.3 is 0 Å². The molecule has 23 heavy (non-hydrogen) atoms. The summed E-state index contributed by atoms with van der Waals surface area (Å²) in [6, 6.07) is 13.0. The van der Waals surface area contributed by atoms with E-state index in [1.165, 1.54) is 0 Å². The highest BCUT2D eigenvalue weighted by molar-refractivity contribution is 5.95. The van der Waals surface area contributed by atoms with E-state index in [0.29, 0.717) is 18.7 Å². The van der Waals surface area contributed by atoms with Crippen molar-refractivity contribution in [2.24, 2.45) is 0 Å². The minimum Gasteiger partial charge on any atom is -0.497 e. The van der Waals surface area contributed by atoms with Crippen LogP contribution in [0.4, 0.5) is 5.69 Å². The van der Waals surface area contributed by atoms with E-state index in [4.69, 9.17) is 14.7 Å². The van der Waals surface area contributed by atoms with E-state index in [-0.39, 0.29) is 0 Å². The lowest BCUT2D eigenvalue weighted by molar-refractivity contribution is 0.0706. The molecule has 0 saturated heterocycles. The van der Waals surface area contributed by atoms with Gasteiger partial charge in [0.2, 0.25) is 0 Å². The van der Waals surface area contributed by atoms with Crippen molar-refractivity contribution < 1.29 is 19.5 Å². The number of hydroxylamine groups is 1. The molecular weight excluding hydrogens is 296 g/mol. The lowest BCUT2D eigenvalue weighted by Gasteiger charge is -2.31. The summed E-state index contributed by atoms with van der Waals surface area (Å²) in [4.78, 5) is 13.7. The summed E-state index contributed by atoms with van der Waals surface area (Å²) in [6.07, 6.45) is 0. The number of amides is 1. The van der Waals surface area contributed by atoms with Crippen LogP contribution in [-0.4, -0.2) is 31.4 Å². The summed E-state index contributed by atoms with van der Waals surface area (Å²) in [6.45, 7) is 2.02. The van der Waals surface area contributed by atoms with E-state index >= 15 is 0 Å². The first kappa shape index (κ1) is 15.2. The van der Waals surface area contributed by atoms with Crippen molar-refractivity contribution in [3.05, 3.63) is 53.6 Å². The Kier molecular flexibility index (Phi) is 4.34. The molecule has 0 aromatic heterocycles. The largest absolute Gasteiger partial charge is 0.497 e. The normalized spacial score (nSPS) is 13.0. The molecule has 0 unspecified atom stereocenters. The molecule has 1 aliphatic heterocycles. The molecular formula is C17H18N2O4. The molecule has 0 spiro atoms. The summed E-state index contributed by atoms with van der Waals surface area (Å²) < 4.78 is 10.8. The molecule has 6 nitrogen and oxygen atoms in total. The van der Waals surface area contributed by atoms with Crippen LogP contribution in [0.15, 0.2) is 42.5 Å². The zero-order valence-electron chi connectivity index (χ0n) is 12.8. The predicted octanol–water partition coefficient (Wildman–Crippen LogP) is 2.21. The molecule has 0 bridgehead atoms. The molecule has 0 saturated carbocycles. The van der Waals surface area contributed by atoms with Crippen molar-refractivity contribution in [2.45, 2.75) is 6.54 Å². The van der Waals surface area contributed by atoms with Gasteiger partial charge in [-0.3, -0.25) is 10.0 Å². The fraction of sp³-hybridized carbons (Fsp3) is 0.235. The fourth-order valence-corrected chi connectivity index (χ4v) is 2.59. The monoisotopic (exact) mass is 314 g/mol. The highest BCUT2D eigenvalue weighted by atomic mass is 16.5. The Morgan fingerprint density at radius 1 is 1.30 bits per heavy atom. The quantitative estimate of drug-likeness (QED) is 0.669. The number of hydrogen-bond donors (Lipinski definition) is 2. The number of carbonyl (C=O) groups is 1. The molecule has 0 fully saturated rings. The number of rotatable bonds is 4. The van der Waals surface area contributed by atoms with Gasteiger partial charge in [-0.05, 0) is 35.9 Å². The van der Waals surface area contributed by atoms with Crippen LogP contribution in [0, 0.1) is 0 Å². The number of fused-ring (bicyclic) bond motifs is 1. The summed E-state index contributed by atoms with van der Waals surface area (Å²) in [5.41, 5.74) is 4.01. The topological polar surface area (TPSA) is 71.0 Å². The Hall–Kier alpha value is -2.73. The van der Waals surface area contributed by atoms with Gasteiger partial charge in [-0.2, -0.15) is 0 Å². The lowest BCUT2D eigenvalue weighted by Crippen LogP contribution is -2.32. The van der Waals surface area contributed by atoms with Gasteiger partial charge in [0.1, 0.15) is 18.1 Å². The maximum atomic E-state index is 11.6. The molecule has 2 aromatic carbocycles. The van der Waals surface area contributed by atoms with E-state index < -0.39 is 5.91 Å². The van der Waals surface area contributed by atoms with Crippen LogP contribution in [0.3, 0.4) is 0 Å². The van der Waals surface area contributed by atoms with Crippen molar-refractivity contribution in [2.75, 3.05) is 25.2 Å². The predicted molar refractivity (Wildman–Crippen MR) is 85.2 cm³/mol. The van der Waals surface area contributed by atoms with Gasteiger partial charge < -0.3 is 14.4 Å². The second-order valence-electron chi connectivity index (χ2n) is 5.24. The van der Waals surface area contributed by atoms with Gasteiger partial charge in [-0.15, -0.1) is 0 Å². The van der Waals surface area contributed by atoms with Crippen LogP contribution < -0.4 is 19.9 Å². The van der Waals surface area contributed by atoms with Crippen molar-refractivity contribution in [3.63, 3.8) is 0 Å². The molecule has 3 rings (SSSR count). The average Bonchev–Trinajstić information content (AvgIpc) is 2.61. The maximum Gasteiger partial charge on any atom is 0.274 e. The molecule has 2 N–H and O–H groups in total. The SMILES string of the molecule is COc1ccc(CN2CCOc3ccc(C(=O)NO)cc32)cc1. The van der Waals surface area contributed by atoms with Gasteiger partial charge in [-0.25, -0.2) is 5.48 Å². The number of nitrogens with zero attached hydrogens (tertiary/aromatic N) is 1. The Bertz CT molecular complexity index is 700. The summed E-state index contributed by atoms with van der Waals surface area (Å²) in [5, 5.41) is 8.79. The first-order valence-corrected chi connectivity index (χ1v) is 7.30. The zero-order chi connectivity index (χ0) is 16.2. The molecule has 1 amide bonds. The van der Waals surface area contributed by atoms with Gasteiger partial charge in [0, 0.05) is 12.1 Å².